The number of fused-ring (bicyclic) bond motifs is 1. The van der Waals surface area contributed by atoms with Crippen LogP contribution in [0.5, 0.6) is 0 Å². The highest BCUT2D eigenvalue weighted by atomic mass is 79.9. The van der Waals surface area contributed by atoms with Crippen molar-refractivity contribution in [3.63, 3.8) is 0 Å². The Balaban J connectivity index is 1.47. The minimum absolute atomic E-state index is 0.0424. The van der Waals surface area contributed by atoms with Gasteiger partial charge >= 0.3 is 6.09 Å². The summed E-state index contributed by atoms with van der Waals surface area (Å²) in [5, 5.41) is 7.65. The quantitative estimate of drug-likeness (QED) is 0.342. The first kappa shape index (κ1) is 25.6. The molecule has 0 spiro atoms. The lowest BCUT2D eigenvalue weighted by molar-refractivity contribution is 0.0559. The Morgan fingerprint density at radius 3 is 2.57 bits per heavy atom. The van der Waals surface area contributed by atoms with Crippen molar-refractivity contribution >= 4 is 55.9 Å². The maximum atomic E-state index is 13.2. The minimum Gasteiger partial charge on any atom is -0.443 e. The Labute approximate surface area is 225 Å². The second kappa shape index (κ2) is 10.4. The van der Waals surface area contributed by atoms with E-state index in [-0.39, 0.29) is 17.7 Å². The molecule has 1 saturated heterocycles. The van der Waals surface area contributed by atoms with Crippen LogP contribution >= 0.6 is 15.9 Å². The monoisotopic (exact) mass is 565 g/mol. The van der Waals surface area contributed by atoms with Crippen LogP contribution in [-0.4, -0.2) is 46.6 Å². The van der Waals surface area contributed by atoms with Crippen molar-refractivity contribution in [2.45, 2.75) is 58.1 Å². The number of piperidine rings is 1. The van der Waals surface area contributed by atoms with E-state index in [2.05, 4.69) is 36.5 Å². The molecule has 1 unspecified atom stereocenters. The molecule has 3 heterocycles. The predicted molar refractivity (Wildman–Crippen MR) is 149 cm³/mol. The van der Waals surface area contributed by atoms with Gasteiger partial charge in [-0.15, -0.1) is 0 Å². The number of rotatable bonds is 6. The average Bonchev–Trinajstić information content (AvgIpc) is 3.70. The van der Waals surface area contributed by atoms with Gasteiger partial charge in [-0.2, -0.15) is 0 Å². The number of pyridine rings is 2. The zero-order valence-corrected chi connectivity index (χ0v) is 23.0. The number of benzene rings is 1. The van der Waals surface area contributed by atoms with Crippen LogP contribution < -0.4 is 15.5 Å². The van der Waals surface area contributed by atoms with E-state index in [0.717, 1.165) is 53.3 Å². The molecule has 8 nitrogen and oxygen atoms in total. The number of aromatic nitrogens is 2. The van der Waals surface area contributed by atoms with E-state index in [9.17, 15) is 9.59 Å². The molecular weight excluding hydrogens is 534 g/mol. The van der Waals surface area contributed by atoms with Gasteiger partial charge in [0, 0.05) is 28.5 Å². The standard InChI is InChI=1S/C28H32BrN5O3/c1-28(2,3)37-27(36)34(20-5-4-12-30-15-20)24-11-9-19(14-32-24)33-25-21-13-18(29)8-10-23(21)31-16-22(25)26(35)17-6-7-17/h8-11,13-14,16-17,20,30H,4-7,12,15H2,1-3H3,(H,31,33). The van der Waals surface area contributed by atoms with Crippen LogP contribution in [0.3, 0.4) is 0 Å². The fourth-order valence-corrected chi connectivity index (χ4v) is 4.95. The maximum absolute atomic E-state index is 13.2. The fraction of sp³-hybridized carbons (Fsp3) is 0.429. The van der Waals surface area contributed by atoms with Crippen LogP contribution in [0, 0.1) is 5.92 Å². The summed E-state index contributed by atoms with van der Waals surface area (Å²) in [6.07, 6.45) is 6.64. The predicted octanol–water partition coefficient (Wildman–Crippen LogP) is 6.22. The number of amides is 1. The number of nitrogens with one attached hydrogen (secondary N) is 2. The first-order valence-electron chi connectivity index (χ1n) is 12.8. The average molecular weight is 566 g/mol. The second-order valence-electron chi connectivity index (χ2n) is 10.7. The Morgan fingerprint density at radius 1 is 1.11 bits per heavy atom. The Kier molecular flexibility index (Phi) is 7.18. The molecule has 5 rings (SSSR count). The number of anilines is 3. The smallest absolute Gasteiger partial charge is 0.416 e. The Bertz CT molecular complexity index is 1310. The highest BCUT2D eigenvalue weighted by Crippen LogP contribution is 2.38. The van der Waals surface area contributed by atoms with Crippen molar-refractivity contribution in [1.82, 2.24) is 15.3 Å². The van der Waals surface area contributed by atoms with E-state index in [4.69, 9.17) is 4.74 Å². The molecule has 1 aromatic carbocycles. The van der Waals surface area contributed by atoms with Crippen LogP contribution in [0.2, 0.25) is 0 Å². The number of hydrogen-bond donors (Lipinski definition) is 2. The van der Waals surface area contributed by atoms with E-state index >= 15 is 0 Å². The third-order valence-electron chi connectivity index (χ3n) is 6.53. The van der Waals surface area contributed by atoms with Gasteiger partial charge in [-0.25, -0.2) is 9.78 Å². The molecule has 194 valence electrons. The van der Waals surface area contributed by atoms with Gasteiger partial charge < -0.3 is 15.4 Å². The molecule has 2 aliphatic rings. The molecule has 2 N–H and O–H groups in total. The normalized spacial score (nSPS) is 17.9. The third-order valence-corrected chi connectivity index (χ3v) is 7.03. The molecule has 1 aliphatic carbocycles. The summed E-state index contributed by atoms with van der Waals surface area (Å²) >= 11 is 3.55. The topological polar surface area (TPSA) is 96.5 Å². The number of Topliss-reactive ketones (excluding diaryl/α,β-unsaturated/α-hetero) is 1. The zero-order chi connectivity index (χ0) is 26.2. The number of ether oxygens (including phenoxy) is 1. The van der Waals surface area contributed by atoms with Crippen LogP contribution in [0.4, 0.5) is 22.0 Å². The molecule has 2 fully saturated rings. The van der Waals surface area contributed by atoms with Crippen LogP contribution in [0.1, 0.15) is 56.8 Å². The first-order valence-corrected chi connectivity index (χ1v) is 13.6. The highest BCUT2D eigenvalue weighted by molar-refractivity contribution is 9.10. The van der Waals surface area contributed by atoms with Crippen molar-refractivity contribution in [1.29, 1.82) is 0 Å². The molecule has 2 aromatic heterocycles. The molecule has 1 saturated carbocycles. The van der Waals surface area contributed by atoms with E-state index < -0.39 is 11.7 Å². The number of carbonyl (C=O) groups excluding carboxylic acids is 2. The summed E-state index contributed by atoms with van der Waals surface area (Å²) in [6, 6.07) is 9.49. The largest absolute Gasteiger partial charge is 0.443 e. The summed E-state index contributed by atoms with van der Waals surface area (Å²) in [4.78, 5) is 37.1. The summed E-state index contributed by atoms with van der Waals surface area (Å²) < 4.78 is 6.62. The molecule has 3 aromatic rings. The van der Waals surface area contributed by atoms with Crippen LogP contribution in [0.25, 0.3) is 10.9 Å². The summed E-state index contributed by atoms with van der Waals surface area (Å²) in [6.45, 7) is 7.21. The second-order valence-corrected chi connectivity index (χ2v) is 11.6. The number of nitrogens with zero attached hydrogens (tertiary/aromatic N) is 3. The lowest BCUT2D eigenvalue weighted by Crippen LogP contribution is -2.50. The zero-order valence-electron chi connectivity index (χ0n) is 21.4. The van der Waals surface area contributed by atoms with Gasteiger partial charge in [0.1, 0.15) is 11.4 Å². The molecule has 0 radical (unpaired) electrons. The summed E-state index contributed by atoms with van der Waals surface area (Å²) in [5.74, 6) is 0.714. The highest BCUT2D eigenvalue weighted by Gasteiger charge is 2.33. The minimum atomic E-state index is -0.611. The Hall–Kier alpha value is -3.04. The molecule has 1 amide bonds. The summed E-state index contributed by atoms with van der Waals surface area (Å²) in [5.41, 5.74) is 2.20. The number of carbonyl (C=O) groups is 2. The van der Waals surface area contributed by atoms with Gasteiger partial charge in [-0.3, -0.25) is 14.7 Å². The molecule has 1 aliphatic heterocycles. The van der Waals surface area contributed by atoms with Gasteiger partial charge in [-0.1, -0.05) is 15.9 Å². The Morgan fingerprint density at radius 2 is 1.92 bits per heavy atom. The van der Waals surface area contributed by atoms with E-state index in [1.54, 1.807) is 17.3 Å². The van der Waals surface area contributed by atoms with Crippen LogP contribution in [0.15, 0.2) is 47.2 Å². The van der Waals surface area contributed by atoms with E-state index in [1.165, 1.54) is 0 Å². The van der Waals surface area contributed by atoms with Gasteiger partial charge in [0.05, 0.1) is 34.7 Å². The number of ketones is 1. The van der Waals surface area contributed by atoms with E-state index in [0.29, 0.717) is 23.6 Å². The van der Waals surface area contributed by atoms with Crippen molar-refractivity contribution in [2.75, 3.05) is 23.3 Å². The maximum Gasteiger partial charge on any atom is 0.416 e. The van der Waals surface area contributed by atoms with Crippen molar-refractivity contribution < 1.29 is 14.3 Å². The van der Waals surface area contributed by atoms with Gasteiger partial charge in [0.25, 0.3) is 0 Å². The summed E-state index contributed by atoms with van der Waals surface area (Å²) in [7, 11) is 0. The molecule has 0 bridgehead atoms. The third kappa shape index (κ3) is 5.93. The van der Waals surface area contributed by atoms with Gasteiger partial charge in [-0.05, 0) is 83.3 Å². The van der Waals surface area contributed by atoms with Gasteiger partial charge in [0.2, 0.25) is 0 Å². The fourth-order valence-electron chi connectivity index (χ4n) is 4.59. The molecule has 1 atom stereocenters. The van der Waals surface area contributed by atoms with Crippen molar-refractivity contribution in [3.8, 4) is 0 Å². The van der Waals surface area contributed by atoms with Crippen molar-refractivity contribution in [2.24, 2.45) is 5.92 Å². The van der Waals surface area contributed by atoms with Gasteiger partial charge in [0.15, 0.2) is 5.78 Å². The first-order chi connectivity index (χ1) is 17.7. The molecular formula is C28H32BrN5O3. The van der Waals surface area contributed by atoms with E-state index in [1.807, 2.05) is 51.1 Å². The number of halogens is 1. The lowest BCUT2D eigenvalue weighted by atomic mass is 10.0. The molecule has 9 heteroatoms. The van der Waals surface area contributed by atoms with Crippen molar-refractivity contribution in [3.05, 3.63) is 52.8 Å². The van der Waals surface area contributed by atoms with Crippen LogP contribution in [-0.2, 0) is 4.74 Å². The number of hydrogen-bond acceptors (Lipinski definition) is 7. The molecule has 37 heavy (non-hydrogen) atoms. The lowest BCUT2D eigenvalue weighted by Gasteiger charge is -2.35. The SMILES string of the molecule is CC(C)(C)OC(=O)N(c1ccc(Nc2c(C(=O)C3CC3)cnc3ccc(Br)cc23)cn1)C1CCCNC1.